The molecular weight excluding hydrogens is 224 g/mol. The zero-order valence-corrected chi connectivity index (χ0v) is 9.36. The fourth-order valence-electron chi connectivity index (χ4n) is 1.81. The Bertz CT molecular complexity index is 203. The van der Waals surface area contributed by atoms with Crippen molar-refractivity contribution >= 4 is 0 Å². The SMILES string of the molecule is CCN1CCC(NCC(F)(F)C(F)F)CC1. The van der Waals surface area contributed by atoms with Crippen molar-refractivity contribution in [3.63, 3.8) is 0 Å². The second kappa shape index (κ2) is 5.82. The van der Waals surface area contributed by atoms with E-state index in [2.05, 4.69) is 10.2 Å². The van der Waals surface area contributed by atoms with Gasteiger partial charge in [-0.25, -0.2) is 8.78 Å². The van der Waals surface area contributed by atoms with Gasteiger partial charge in [0.2, 0.25) is 0 Å². The monoisotopic (exact) mass is 242 g/mol. The lowest BCUT2D eigenvalue weighted by molar-refractivity contribution is -0.126. The Morgan fingerprint density at radius 2 is 1.88 bits per heavy atom. The first kappa shape index (κ1) is 13.7. The van der Waals surface area contributed by atoms with Gasteiger partial charge in [0, 0.05) is 6.04 Å². The molecule has 6 heteroatoms. The number of hydrogen-bond donors (Lipinski definition) is 1. The summed E-state index contributed by atoms with van der Waals surface area (Å²) < 4.78 is 49.0. The van der Waals surface area contributed by atoms with Crippen LogP contribution in [0.4, 0.5) is 17.6 Å². The summed E-state index contributed by atoms with van der Waals surface area (Å²) in [7, 11) is 0. The molecule has 0 radical (unpaired) electrons. The van der Waals surface area contributed by atoms with Crippen LogP contribution in [0.1, 0.15) is 19.8 Å². The highest BCUT2D eigenvalue weighted by molar-refractivity contribution is 4.80. The summed E-state index contributed by atoms with van der Waals surface area (Å²) in [5.41, 5.74) is 0. The Hall–Kier alpha value is -0.360. The molecule has 0 aromatic rings. The molecule has 0 bridgehead atoms. The van der Waals surface area contributed by atoms with E-state index in [1.165, 1.54) is 0 Å². The van der Waals surface area contributed by atoms with Crippen molar-refractivity contribution in [1.29, 1.82) is 0 Å². The minimum Gasteiger partial charge on any atom is -0.308 e. The smallest absolute Gasteiger partial charge is 0.308 e. The summed E-state index contributed by atoms with van der Waals surface area (Å²) in [6.45, 7) is 3.74. The van der Waals surface area contributed by atoms with E-state index < -0.39 is 18.9 Å². The lowest BCUT2D eigenvalue weighted by atomic mass is 10.0. The number of nitrogens with zero attached hydrogens (tertiary/aromatic N) is 1. The zero-order valence-electron chi connectivity index (χ0n) is 9.36. The van der Waals surface area contributed by atoms with Crippen LogP contribution in [0.5, 0.6) is 0 Å². The molecule has 1 heterocycles. The molecule has 0 aromatic heterocycles. The zero-order chi connectivity index (χ0) is 12.2. The van der Waals surface area contributed by atoms with E-state index in [0.717, 1.165) is 32.5 Å². The van der Waals surface area contributed by atoms with E-state index in [1.807, 2.05) is 6.92 Å². The van der Waals surface area contributed by atoms with Crippen molar-refractivity contribution in [3.05, 3.63) is 0 Å². The van der Waals surface area contributed by atoms with Crippen LogP contribution < -0.4 is 5.32 Å². The summed E-state index contributed by atoms with van der Waals surface area (Å²) >= 11 is 0. The Labute approximate surface area is 93.0 Å². The van der Waals surface area contributed by atoms with E-state index in [1.54, 1.807) is 0 Å². The molecule has 1 fully saturated rings. The van der Waals surface area contributed by atoms with Crippen LogP contribution in [-0.4, -0.2) is 49.5 Å². The highest BCUT2D eigenvalue weighted by atomic mass is 19.3. The van der Waals surface area contributed by atoms with Crippen molar-refractivity contribution in [3.8, 4) is 0 Å². The van der Waals surface area contributed by atoms with Crippen molar-refractivity contribution in [2.75, 3.05) is 26.2 Å². The van der Waals surface area contributed by atoms with Crippen LogP contribution in [0.15, 0.2) is 0 Å². The first-order chi connectivity index (χ1) is 7.45. The Balaban J connectivity index is 2.24. The molecule has 0 amide bonds. The lowest BCUT2D eigenvalue weighted by Gasteiger charge is -2.32. The maximum absolute atomic E-state index is 12.6. The van der Waals surface area contributed by atoms with Crippen LogP contribution in [0.2, 0.25) is 0 Å². The van der Waals surface area contributed by atoms with Gasteiger partial charge in [0.1, 0.15) is 0 Å². The molecule has 0 unspecified atom stereocenters. The number of likely N-dealkylation sites (tertiary alicyclic amines) is 1. The number of hydrogen-bond acceptors (Lipinski definition) is 2. The highest BCUT2D eigenvalue weighted by Gasteiger charge is 2.40. The van der Waals surface area contributed by atoms with Gasteiger partial charge in [0.25, 0.3) is 0 Å². The largest absolute Gasteiger partial charge is 0.319 e. The molecule has 1 N–H and O–H groups in total. The predicted octanol–water partition coefficient (Wildman–Crippen LogP) is 1.96. The average Bonchev–Trinajstić information content (AvgIpc) is 2.27. The average molecular weight is 242 g/mol. The van der Waals surface area contributed by atoms with Gasteiger partial charge < -0.3 is 10.2 Å². The molecule has 0 spiro atoms. The van der Waals surface area contributed by atoms with Crippen molar-refractivity contribution in [2.45, 2.75) is 38.2 Å². The first-order valence-electron chi connectivity index (χ1n) is 5.57. The summed E-state index contributed by atoms with van der Waals surface area (Å²) in [4.78, 5) is 2.21. The normalized spacial score (nSPS) is 20.6. The predicted molar refractivity (Wildman–Crippen MR) is 54.1 cm³/mol. The van der Waals surface area contributed by atoms with E-state index >= 15 is 0 Å². The van der Waals surface area contributed by atoms with Gasteiger partial charge in [-0.3, -0.25) is 0 Å². The number of nitrogens with one attached hydrogen (secondary N) is 1. The molecule has 1 saturated heterocycles. The molecule has 16 heavy (non-hydrogen) atoms. The van der Waals surface area contributed by atoms with Crippen LogP contribution in [0, 0.1) is 0 Å². The summed E-state index contributed by atoms with van der Waals surface area (Å²) in [5, 5.41) is 2.53. The van der Waals surface area contributed by atoms with Crippen LogP contribution in [0.25, 0.3) is 0 Å². The van der Waals surface area contributed by atoms with Gasteiger partial charge in [-0.15, -0.1) is 0 Å². The topological polar surface area (TPSA) is 15.3 Å². The third-order valence-corrected chi connectivity index (χ3v) is 2.98. The third-order valence-electron chi connectivity index (χ3n) is 2.98. The standard InChI is InChI=1S/C10H18F4N2/c1-2-16-5-3-8(4-6-16)15-7-10(13,14)9(11)12/h8-9,15H,2-7H2,1H3. The fourth-order valence-corrected chi connectivity index (χ4v) is 1.81. The maximum Gasteiger partial charge on any atom is 0.319 e. The Morgan fingerprint density at radius 3 is 2.31 bits per heavy atom. The Morgan fingerprint density at radius 1 is 1.31 bits per heavy atom. The van der Waals surface area contributed by atoms with Crippen LogP contribution in [-0.2, 0) is 0 Å². The van der Waals surface area contributed by atoms with Gasteiger partial charge in [-0.05, 0) is 32.5 Å². The molecular formula is C10H18F4N2. The summed E-state index contributed by atoms with van der Waals surface area (Å²) in [6, 6.07) is -0.0626. The second-order valence-electron chi connectivity index (χ2n) is 4.15. The first-order valence-corrected chi connectivity index (χ1v) is 5.57. The minimum atomic E-state index is -3.91. The summed E-state index contributed by atoms with van der Waals surface area (Å²) in [6.07, 6.45) is -2.10. The highest BCUT2D eigenvalue weighted by Crippen LogP contribution is 2.22. The van der Waals surface area contributed by atoms with Crippen LogP contribution >= 0.6 is 0 Å². The Kier molecular flexibility index (Phi) is 4.98. The molecule has 0 saturated carbocycles. The van der Waals surface area contributed by atoms with E-state index in [4.69, 9.17) is 0 Å². The third kappa shape index (κ3) is 3.90. The van der Waals surface area contributed by atoms with Gasteiger partial charge in [-0.1, -0.05) is 6.92 Å². The molecule has 96 valence electrons. The lowest BCUT2D eigenvalue weighted by Crippen LogP contribution is -2.47. The molecule has 0 aliphatic carbocycles. The second-order valence-corrected chi connectivity index (χ2v) is 4.15. The van der Waals surface area contributed by atoms with Crippen LogP contribution in [0.3, 0.4) is 0 Å². The van der Waals surface area contributed by atoms with E-state index in [0.29, 0.717) is 0 Å². The minimum absolute atomic E-state index is 0.0626. The molecule has 0 atom stereocenters. The maximum atomic E-state index is 12.6. The number of alkyl halides is 4. The van der Waals surface area contributed by atoms with E-state index in [9.17, 15) is 17.6 Å². The fraction of sp³-hybridized carbons (Fsp3) is 1.00. The van der Waals surface area contributed by atoms with E-state index in [-0.39, 0.29) is 6.04 Å². The van der Waals surface area contributed by atoms with Gasteiger partial charge >= 0.3 is 12.3 Å². The van der Waals surface area contributed by atoms with Gasteiger partial charge in [0.05, 0.1) is 6.54 Å². The molecule has 1 aliphatic rings. The number of piperidine rings is 1. The number of halogens is 4. The summed E-state index contributed by atoms with van der Waals surface area (Å²) in [5.74, 6) is -3.91. The van der Waals surface area contributed by atoms with Gasteiger partial charge in [0.15, 0.2) is 0 Å². The molecule has 1 rings (SSSR count). The van der Waals surface area contributed by atoms with Crippen molar-refractivity contribution in [2.24, 2.45) is 0 Å². The van der Waals surface area contributed by atoms with Gasteiger partial charge in [-0.2, -0.15) is 8.78 Å². The molecule has 1 aliphatic heterocycles. The number of rotatable bonds is 5. The van der Waals surface area contributed by atoms with Crippen molar-refractivity contribution < 1.29 is 17.6 Å². The molecule has 0 aromatic carbocycles. The van der Waals surface area contributed by atoms with Crippen molar-refractivity contribution in [1.82, 2.24) is 10.2 Å². The molecule has 2 nitrogen and oxygen atoms in total. The quantitative estimate of drug-likeness (QED) is 0.741.